The lowest BCUT2D eigenvalue weighted by molar-refractivity contribution is -0.133. The predicted molar refractivity (Wildman–Crippen MR) is 57.3 cm³/mol. The number of methoxy groups -OCH3 is 2. The Labute approximate surface area is 93.2 Å². The van der Waals surface area contributed by atoms with Gasteiger partial charge in [-0.1, -0.05) is 5.92 Å². The first-order valence-corrected chi connectivity index (χ1v) is 4.44. The van der Waals surface area contributed by atoms with Gasteiger partial charge in [-0.3, -0.25) is 4.79 Å². The molecule has 1 aromatic rings. The van der Waals surface area contributed by atoms with Crippen LogP contribution < -0.4 is 4.74 Å². The first kappa shape index (κ1) is 11.8. The van der Waals surface area contributed by atoms with Crippen LogP contribution in [0.5, 0.6) is 5.75 Å². The lowest BCUT2D eigenvalue weighted by Gasteiger charge is -2.02. The van der Waals surface area contributed by atoms with E-state index in [0.717, 1.165) is 0 Å². The van der Waals surface area contributed by atoms with Crippen LogP contribution >= 0.6 is 0 Å². The molecule has 0 saturated carbocycles. The number of hydrogen-bond donors (Lipinski definition) is 0. The van der Waals surface area contributed by atoms with E-state index in [-0.39, 0.29) is 0 Å². The Balaban J connectivity index is 3.02. The zero-order valence-corrected chi connectivity index (χ0v) is 8.94. The Morgan fingerprint density at radius 2 is 2.12 bits per heavy atom. The Kier molecular flexibility index (Phi) is 4.10. The fourth-order valence-corrected chi connectivity index (χ4v) is 1.06. The maximum Gasteiger partial charge on any atom is 0.384 e. The molecule has 0 bridgehead atoms. The van der Waals surface area contributed by atoms with Gasteiger partial charge in [0.25, 0.3) is 0 Å². The number of hydrogen-bond acceptors (Lipinski definition) is 4. The molecular formula is C12H10O4. The third-order valence-electron chi connectivity index (χ3n) is 1.85. The molecule has 0 N–H and O–H groups in total. The molecule has 16 heavy (non-hydrogen) atoms. The van der Waals surface area contributed by atoms with Crippen molar-refractivity contribution in [2.75, 3.05) is 14.2 Å². The van der Waals surface area contributed by atoms with Gasteiger partial charge >= 0.3 is 5.97 Å². The molecule has 0 fully saturated rings. The van der Waals surface area contributed by atoms with E-state index < -0.39 is 5.97 Å². The molecule has 0 spiro atoms. The first-order chi connectivity index (χ1) is 7.71. The normalized spacial score (nSPS) is 8.62. The van der Waals surface area contributed by atoms with E-state index >= 15 is 0 Å². The monoisotopic (exact) mass is 218 g/mol. The van der Waals surface area contributed by atoms with Crippen molar-refractivity contribution < 1.29 is 19.1 Å². The van der Waals surface area contributed by atoms with Crippen molar-refractivity contribution in [1.29, 1.82) is 0 Å². The molecule has 0 saturated heterocycles. The van der Waals surface area contributed by atoms with Gasteiger partial charge in [0.05, 0.1) is 19.8 Å². The molecule has 0 aromatic heterocycles. The van der Waals surface area contributed by atoms with Gasteiger partial charge in [-0.05, 0) is 18.2 Å². The Morgan fingerprint density at radius 3 is 2.69 bits per heavy atom. The van der Waals surface area contributed by atoms with Crippen LogP contribution in [0.3, 0.4) is 0 Å². The van der Waals surface area contributed by atoms with Crippen LogP contribution in [0.2, 0.25) is 0 Å². The van der Waals surface area contributed by atoms with Crippen LogP contribution in [-0.2, 0) is 9.53 Å². The lowest BCUT2D eigenvalue weighted by atomic mass is 10.1. The van der Waals surface area contributed by atoms with Gasteiger partial charge in [-0.2, -0.15) is 0 Å². The van der Waals surface area contributed by atoms with Crippen molar-refractivity contribution in [3.05, 3.63) is 29.3 Å². The number of rotatable bonds is 2. The fraction of sp³-hybridized carbons (Fsp3) is 0.167. The van der Waals surface area contributed by atoms with E-state index in [1.54, 1.807) is 18.2 Å². The summed E-state index contributed by atoms with van der Waals surface area (Å²) in [7, 11) is 2.72. The average Bonchev–Trinajstić information content (AvgIpc) is 2.35. The van der Waals surface area contributed by atoms with Crippen molar-refractivity contribution >= 4 is 12.3 Å². The number of carbonyl (C=O) groups is 2. The van der Waals surface area contributed by atoms with Crippen molar-refractivity contribution in [2.24, 2.45) is 0 Å². The summed E-state index contributed by atoms with van der Waals surface area (Å²) in [6.07, 6.45) is 0.691. The minimum Gasteiger partial charge on any atom is -0.496 e. The summed E-state index contributed by atoms with van der Waals surface area (Å²) in [6.45, 7) is 0. The maximum atomic E-state index is 10.8. The Bertz CT molecular complexity index is 466. The number of esters is 1. The largest absolute Gasteiger partial charge is 0.496 e. The van der Waals surface area contributed by atoms with Gasteiger partial charge in [0.2, 0.25) is 0 Å². The van der Waals surface area contributed by atoms with Gasteiger partial charge in [0.1, 0.15) is 5.75 Å². The molecule has 0 radical (unpaired) electrons. The van der Waals surface area contributed by atoms with Crippen LogP contribution in [0, 0.1) is 11.8 Å². The second-order valence-corrected chi connectivity index (χ2v) is 2.82. The number of aldehydes is 1. The third kappa shape index (κ3) is 2.85. The van der Waals surface area contributed by atoms with Crippen molar-refractivity contribution in [3.63, 3.8) is 0 Å². The molecule has 0 aliphatic heterocycles. The second-order valence-electron chi connectivity index (χ2n) is 2.82. The standard InChI is InChI=1S/C12H10O4/c1-15-11-7-9(3-5-10(11)8-13)4-6-12(14)16-2/h3,5,7-8H,1-2H3. The SMILES string of the molecule is COC(=O)C#Cc1ccc(C=O)c(OC)c1. The van der Waals surface area contributed by atoms with Crippen LogP contribution in [0.1, 0.15) is 15.9 Å². The van der Waals surface area contributed by atoms with Crippen LogP contribution in [0.15, 0.2) is 18.2 Å². The van der Waals surface area contributed by atoms with Gasteiger partial charge in [-0.25, -0.2) is 4.79 Å². The molecule has 0 unspecified atom stereocenters. The number of carbonyl (C=O) groups excluding carboxylic acids is 2. The highest BCUT2D eigenvalue weighted by Gasteiger charge is 2.01. The molecular weight excluding hydrogens is 208 g/mol. The van der Waals surface area contributed by atoms with E-state index in [1.165, 1.54) is 14.2 Å². The third-order valence-corrected chi connectivity index (χ3v) is 1.85. The summed E-state index contributed by atoms with van der Waals surface area (Å²) >= 11 is 0. The molecule has 4 nitrogen and oxygen atoms in total. The molecule has 4 heteroatoms. The van der Waals surface area contributed by atoms with E-state index in [9.17, 15) is 9.59 Å². The fourth-order valence-electron chi connectivity index (χ4n) is 1.06. The van der Waals surface area contributed by atoms with Gasteiger partial charge in [-0.15, -0.1) is 0 Å². The van der Waals surface area contributed by atoms with Gasteiger partial charge in [0.15, 0.2) is 6.29 Å². The summed E-state index contributed by atoms with van der Waals surface area (Å²) in [4.78, 5) is 21.4. The minimum absolute atomic E-state index is 0.423. The van der Waals surface area contributed by atoms with E-state index in [2.05, 4.69) is 16.6 Å². The van der Waals surface area contributed by atoms with E-state index in [0.29, 0.717) is 23.2 Å². The highest BCUT2D eigenvalue weighted by atomic mass is 16.5. The number of benzene rings is 1. The molecule has 0 heterocycles. The summed E-state index contributed by atoms with van der Waals surface area (Å²) in [5.41, 5.74) is 1.01. The lowest BCUT2D eigenvalue weighted by Crippen LogP contribution is -1.95. The molecule has 1 aromatic carbocycles. The topological polar surface area (TPSA) is 52.6 Å². The average molecular weight is 218 g/mol. The molecule has 1 rings (SSSR count). The quantitative estimate of drug-likeness (QED) is 0.422. The van der Waals surface area contributed by atoms with Crippen LogP contribution in [0.4, 0.5) is 0 Å². The Hall–Kier alpha value is -2.28. The second kappa shape index (κ2) is 5.56. The van der Waals surface area contributed by atoms with E-state index in [4.69, 9.17) is 4.74 Å². The summed E-state index contributed by atoms with van der Waals surface area (Å²) < 4.78 is 9.37. The smallest absolute Gasteiger partial charge is 0.384 e. The minimum atomic E-state index is -0.613. The van der Waals surface area contributed by atoms with Crippen LogP contribution in [-0.4, -0.2) is 26.5 Å². The van der Waals surface area contributed by atoms with Crippen molar-refractivity contribution in [1.82, 2.24) is 0 Å². The highest BCUT2D eigenvalue weighted by molar-refractivity contribution is 5.89. The van der Waals surface area contributed by atoms with Gasteiger partial charge in [0, 0.05) is 11.5 Å². The van der Waals surface area contributed by atoms with Crippen molar-refractivity contribution in [2.45, 2.75) is 0 Å². The zero-order valence-electron chi connectivity index (χ0n) is 8.94. The van der Waals surface area contributed by atoms with E-state index in [1.807, 2.05) is 0 Å². The zero-order chi connectivity index (χ0) is 12.0. The number of ether oxygens (including phenoxy) is 2. The molecule has 82 valence electrons. The van der Waals surface area contributed by atoms with Crippen LogP contribution in [0.25, 0.3) is 0 Å². The maximum absolute atomic E-state index is 10.8. The van der Waals surface area contributed by atoms with Gasteiger partial charge < -0.3 is 9.47 Å². The molecule has 0 aliphatic rings. The predicted octanol–water partition coefficient (Wildman–Crippen LogP) is 1.03. The highest BCUT2D eigenvalue weighted by Crippen LogP contribution is 2.17. The Morgan fingerprint density at radius 1 is 1.38 bits per heavy atom. The van der Waals surface area contributed by atoms with Crippen molar-refractivity contribution in [3.8, 4) is 17.6 Å². The molecule has 0 aliphatic carbocycles. The molecule has 0 atom stereocenters. The summed E-state index contributed by atoms with van der Waals surface area (Å²) in [6, 6.07) is 4.79. The summed E-state index contributed by atoms with van der Waals surface area (Å²) in [5.74, 6) is 4.69. The molecule has 0 amide bonds. The summed E-state index contributed by atoms with van der Waals surface area (Å²) in [5, 5.41) is 0. The first-order valence-electron chi connectivity index (χ1n) is 4.44.